The topological polar surface area (TPSA) is 34.2 Å². The van der Waals surface area contributed by atoms with Gasteiger partial charge in [0.1, 0.15) is 16.3 Å². The molecule has 0 radical (unpaired) electrons. The van der Waals surface area contributed by atoms with E-state index in [9.17, 15) is 0 Å². The van der Waals surface area contributed by atoms with Crippen molar-refractivity contribution in [3.63, 3.8) is 0 Å². The van der Waals surface area contributed by atoms with Crippen LogP contribution in [0.15, 0.2) is 48.5 Å². The predicted molar refractivity (Wildman–Crippen MR) is 92.2 cm³/mol. The maximum Gasteiger partial charge on any atom is 0.119 e. The monoisotopic (exact) mass is 309 g/mol. The first-order chi connectivity index (χ1) is 10.8. The van der Waals surface area contributed by atoms with Crippen LogP contribution in [-0.4, -0.2) is 19.2 Å². The van der Waals surface area contributed by atoms with Gasteiger partial charge in [0.25, 0.3) is 0 Å². The molecule has 0 spiro atoms. The fourth-order valence-corrected chi connectivity index (χ4v) is 3.78. The van der Waals surface area contributed by atoms with Gasteiger partial charge in [-0.1, -0.05) is 0 Å². The highest BCUT2D eigenvalue weighted by atomic mass is 32.1. The van der Waals surface area contributed by atoms with E-state index in [2.05, 4.69) is 35.3 Å². The SMILES string of the molecule is COc1ccc(-c2cc3c([nH]c4ccc(OC)cc43)s2)cc1. The van der Waals surface area contributed by atoms with E-state index >= 15 is 0 Å². The molecule has 110 valence electrons. The molecule has 0 unspecified atom stereocenters. The standard InChI is InChI=1S/C18H15NO2S/c1-20-12-5-3-11(4-6-12)17-10-15-14-9-13(21-2)7-8-16(14)19-18(15)22-17/h3-10,19H,1-2H3. The summed E-state index contributed by atoms with van der Waals surface area (Å²) in [7, 11) is 3.38. The van der Waals surface area contributed by atoms with Gasteiger partial charge in [0.15, 0.2) is 0 Å². The lowest BCUT2D eigenvalue weighted by Gasteiger charge is -2.01. The molecular formula is C18H15NO2S. The number of H-pyrrole nitrogens is 1. The summed E-state index contributed by atoms with van der Waals surface area (Å²) in [4.78, 5) is 5.91. The second-order valence-corrected chi connectivity index (χ2v) is 6.17. The number of benzene rings is 2. The Hall–Kier alpha value is -2.46. The van der Waals surface area contributed by atoms with Gasteiger partial charge in [-0.15, -0.1) is 11.3 Å². The van der Waals surface area contributed by atoms with Crippen molar-refractivity contribution in [2.75, 3.05) is 14.2 Å². The van der Waals surface area contributed by atoms with Gasteiger partial charge in [-0.05, 0) is 54.1 Å². The van der Waals surface area contributed by atoms with Gasteiger partial charge < -0.3 is 14.5 Å². The van der Waals surface area contributed by atoms with E-state index in [1.54, 1.807) is 25.6 Å². The molecule has 4 heteroatoms. The molecule has 0 amide bonds. The van der Waals surface area contributed by atoms with Crippen LogP contribution >= 0.6 is 11.3 Å². The lowest BCUT2D eigenvalue weighted by Crippen LogP contribution is -1.81. The Morgan fingerprint density at radius 1 is 0.818 bits per heavy atom. The molecule has 2 aromatic carbocycles. The number of hydrogen-bond donors (Lipinski definition) is 1. The van der Waals surface area contributed by atoms with Crippen LogP contribution in [0.2, 0.25) is 0 Å². The summed E-state index contributed by atoms with van der Waals surface area (Å²) in [5.74, 6) is 1.76. The minimum Gasteiger partial charge on any atom is -0.497 e. The molecule has 2 heterocycles. The van der Waals surface area contributed by atoms with Crippen LogP contribution in [-0.2, 0) is 0 Å². The normalized spacial score (nSPS) is 11.2. The van der Waals surface area contributed by atoms with E-state index in [0.717, 1.165) is 17.0 Å². The lowest BCUT2D eigenvalue weighted by atomic mass is 10.1. The highest BCUT2D eigenvalue weighted by Crippen LogP contribution is 2.38. The van der Waals surface area contributed by atoms with Crippen LogP contribution < -0.4 is 9.47 Å². The predicted octanol–water partition coefficient (Wildman–Crippen LogP) is 5.07. The molecule has 0 saturated carbocycles. The van der Waals surface area contributed by atoms with Gasteiger partial charge in [-0.3, -0.25) is 0 Å². The molecule has 2 aromatic heterocycles. The number of aromatic amines is 1. The summed E-state index contributed by atoms with van der Waals surface area (Å²) < 4.78 is 10.5. The molecule has 0 aliphatic heterocycles. The Morgan fingerprint density at radius 3 is 2.27 bits per heavy atom. The third-order valence-corrected chi connectivity index (χ3v) is 4.97. The Kier molecular flexibility index (Phi) is 3.05. The Labute approximate surface area is 132 Å². The minimum atomic E-state index is 0.876. The van der Waals surface area contributed by atoms with Crippen LogP contribution in [0.3, 0.4) is 0 Å². The van der Waals surface area contributed by atoms with Crippen LogP contribution in [0.25, 0.3) is 31.6 Å². The van der Waals surface area contributed by atoms with E-state index in [0.29, 0.717) is 0 Å². The number of aromatic nitrogens is 1. The van der Waals surface area contributed by atoms with Gasteiger partial charge in [0.05, 0.1) is 14.2 Å². The number of hydrogen-bond acceptors (Lipinski definition) is 3. The molecule has 0 fully saturated rings. The highest BCUT2D eigenvalue weighted by Gasteiger charge is 2.11. The minimum absolute atomic E-state index is 0.876. The molecule has 0 atom stereocenters. The fraction of sp³-hybridized carbons (Fsp3) is 0.111. The fourth-order valence-electron chi connectivity index (χ4n) is 2.69. The van der Waals surface area contributed by atoms with Crippen LogP contribution in [0.1, 0.15) is 0 Å². The second kappa shape index (κ2) is 5.07. The molecule has 3 nitrogen and oxygen atoms in total. The summed E-state index contributed by atoms with van der Waals surface area (Å²) in [6, 6.07) is 16.5. The van der Waals surface area contributed by atoms with Crippen molar-refractivity contribution >= 4 is 32.5 Å². The number of rotatable bonds is 3. The van der Waals surface area contributed by atoms with Crippen molar-refractivity contribution < 1.29 is 9.47 Å². The number of methoxy groups -OCH3 is 2. The van der Waals surface area contributed by atoms with E-state index in [-0.39, 0.29) is 0 Å². The molecular weight excluding hydrogens is 294 g/mol. The Morgan fingerprint density at radius 2 is 1.55 bits per heavy atom. The van der Waals surface area contributed by atoms with Crippen molar-refractivity contribution in [2.45, 2.75) is 0 Å². The van der Waals surface area contributed by atoms with Crippen molar-refractivity contribution in [3.8, 4) is 21.9 Å². The van der Waals surface area contributed by atoms with Crippen molar-refractivity contribution in [1.29, 1.82) is 0 Å². The van der Waals surface area contributed by atoms with Gasteiger partial charge in [0.2, 0.25) is 0 Å². The summed E-state index contributed by atoms with van der Waals surface area (Å²) >= 11 is 1.77. The van der Waals surface area contributed by atoms with E-state index in [4.69, 9.17) is 9.47 Å². The number of ether oxygens (including phenoxy) is 2. The molecule has 0 bridgehead atoms. The summed E-state index contributed by atoms with van der Waals surface area (Å²) in [5.41, 5.74) is 2.34. The molecule has 0 aliphatic rings. The second-order valence-electron chi connectivity index (χ2n) is 5.12. The third-order valence-electron chi connectivity index (χ3n) is 3.87. The largest absolute Gasteiger partial charge is 0.497 e. The molecule has 4 rings (SSSR count). The Bertz CT molecular complexity index is 950. The number of thiophene rings is 1. The maximum absolute atomic E-state index is 5.33. The average molecular weight is 309 g/mol. The van der Waals surface area contributed by atoms with Crippen LogP contribution in [0.4, 0.5) is 0 Å². The smallest absolute Gasteiger partial charge is 0.119 e. The van der Waals surface area contributed by atoms with E-state index in [1.165, 1.54) is 26.0 Å². The van der Waals surface area contributed by atoms with E-state index < -0.39 is 0 Å². The van der Waals surface area contributed by atoms with Gasteiger partial charge in [0, 0.05) is 21.2 Å². The zero-order chi connectivity index (χ0) is 15.1. The van der Waals surface area contributed by atoms with E-state index in [1.807, 2.05) is 18.2 Å². The van der Waals surface area contributed by atoms with Crippen molar-refractivity contribution in [3.05, 3.63) is 48.5 Å². The van der Waals surface area contributed by atoms with Crippen molar-refractivity contribution in [1.82, 2.24) is 4.98 Å². The molecule has 4 aromatic rings. The summed E-state index contributed by atoms with van der Waals surface area (Å²) in [6.07, 6.45) is 0. The third kappa shape index (κ3) is 2.04. The number of fused-ring (bicyclic) bond motifs is 3. The van der Waals surface area contributed by atoms with Gasteiger partial charge >= 0.3 is 0 Å². The quantitative estimate of drug-likeness (QED) is 0.573. The summed E-state index contributed by atoms with van der Waals surface area (Å²) in [6.45, 7) is 0. The molecule has 0 aliphatic carbocycles. The average Bonchev–Trinajstić information content (AvgIpc) is 3.12. The first-order valence-corrected chi connectivity index (χ1v) is 7.84. The molecule has 22 heavy (non-hydrogen) atoms. The zero-order valence-electron chi connectivity index (χ0n) is 12.3. The van der Waals surface area contributed by atoms with Crippen molar-refractivity contribution in [2.24, 2.45) is 0 Å². The van der Waals surface area contributed by atoms with Crippen LogP contribution in [0.5, 0.6) is 11.5 Å². The summed E-state index contributed by atoms with van der Waals surface area (Å²) in [5, 5.41) is 2.44. The molecule has 0 saturated heterocycles. The molecule has 1 N–H and O–H groups in total. The first-order valence-electron chi connectivity index (χ1n) is 7.02. The highest BCUT2D eigenvalue weighted by molar-refractivity contribution is 7.22. The zero-order valence-corrected chi connectivity index (χ0v) is 13.2. The Balaban J connectivity index is 1.85. The first kappa shape index (κ1) is 13.2. The van der Waals surface area contributed by atoms with Gasteiger partial charge in [-0.25, -0.2) is 0 Å². The maximum atomic E-state index is 5.33. The number of nitrogens with one attached hydrogen (secondary N) is 1. The van der Waals surface area contributed by atoms with Crippen LogP contribution in [0, 0.1) is 0 Å². The van der Waals surface area contributed by atoms with Gasteiger partial charge in [-0.2, -0.15) is 0 Å². The lowest BCUT2D eigenvalue weighted by molar-refractivity contribution is 0.415.